The van der Waals surface area contributed by atoms with Crippen molar-refractivity contribution in [3.63, 3.8) is 0 Å². The molecule has 1 aromatic carbocycles. The normalized spacial score (nSPS) is 18.1. The first-order valence-electron chi connectivity index (χ1n) is 6.29. The van der Waals surface area contributed by atoms with E-state index in [2.05, 4.69) is 5.48 Å². The molecular weight excluding hydrogens is 230 g/mol. The summed E-state index contributed by atoms with van der Waals surface area (Å²) < 4.78 is 5.57. The second kappa shape index (κ2) is 5.87. The molecule has 0 aromatic heterocycles. The standard InChI is InChI=1S/C14H19NO3/c1-10(2)8-18-15-14(16)12-7-11-5-3-4-6-13(11)17-9-12/h3-6,10,12H,7-9H2,1-2H3,(H,15,16). The number of carbonyl (C=O) groups is 1. The molecule has 0 fully saturated rings. The summed E-state index contributed by atoms with van der Waals surface area (Å²) in [5.41, 5.74) is 3.57. The highest BCUT2D eigenvalue weighted by atomic mass is 16.7. The number of benzene rings is 1. The number of hydroxylamine groups is 1. The summed E-state index contributed by atoms with van der Waals surface area (Å²) in [6.45, 7) is 5.00. The van der Waals surface area contributed by atoms with E-state index in [4.69, 9.17) is 9.57 Å². The molecule has 1 aliphatic rings. The van der Waals surface area contributed by atoms with E-state index in [1.807, 2.05) is 38.1 Å². The van der Waals surface area contributed by atoms with Crippen molar-refractivity contribution in [2.45, 2.75) is 20.3 Å². The molecule has 1 N–H and O–H groups in total. The van der Waals surface area contributed by atoms with Crippen molar-refractivity contribution >= 4 is 5.91 Å². The molecule has 0 bridgehead atoms. The van der Waals surface area contributed by atoms with E-state index in [-0.39, 0.29) is 11.8 Å². The lowest BCUT2D eigenvalue weighted by Gasteiger charge is -2.24. The number of ether oxygens (including phenoxy) is 1. The molecule has 1 amide bonds. The zero-order chi connectivity index (χ0) is 13.0. The van der Waals surface area contributed by atoms with Crippen LogP contribution in [0.25, 0.3) is 0 Å². The molecule has 98 valence electrons. The van der Waals surface area contributed by atoms with Crippen molar-refractivity contribution in [1.82, 2.24) is 5.48 Å². The molecule has 1 atom stereocenters. The van der Waals surface area contributed by atoms with E-state index in [0.29, 0.717) is 25.6 Å². The number of nitrogens with one attached hydrogen (secondary N) is 1. The molecule has 0 saturated heterocycles. The Bertz CT molecular complexity index is 417. The minimum absolute atomic E-state index is 0.106. The molecule has 0 radical (unpaired) electrons. The summed E-state index contributed by atoms with van der Waals surface area (Å²) in [7, 11) is 0. The molecule has 1 aromatic rings. The van der Waals surface area contributed by atoms with Gasteiger partial charge in [0, 0.05) is 0 Å². The first-order valence-corrected chi connectivity index (χ1v) is 6.29. The van der Waals surface area contributed by atoms with Crippen LogP contribution < -0.4 is 10.2 Å². The molecule has 0 spiro atoms. The predicted octanol–water partition coefficient (Wildman–Crippen LogP) is 1.94. The monoisotopic (exact) mass is 249 g/mol. The van der Waals surface area contributed by atoms with Gasteiger partial charge < -0.3 is 4.74 Å². The van der Waals surface area contributed by atoms with Crippen molar-refractivity contribution in [2.75, 3.05) is 13.2 Å². The fraction of sp³-hybridized carbons (Fsp3) is 0.500. The van der Waals surface area contributed by atoms with Crippen LogP contribution in [0.5, 0.6) is 5.75 Å². The summed E-state index contributed by atoms with van der Waals surface area (Å²) in [5, 5.41) is 0. The largest absolute Gasteiger partial charge is 0.492 e. The molecule has 1 heterocycles. The Morgan fingerprint density at radius 3 is 3.06 bits per heavy atom. The van der Waals surface area contributed by atoms with Gasteiger partial charge in [0.15, 0.2) is 0 Å². The van der Waals surface area contributed by atoms with E-state index >= 15 is 0 Å². The lowest BCUT2D eigenvalue weighted by Crippen LogP contribution is -2.37. The number of amides is 1. The lowest BCUT2D eigenvalue weighted by molar-refractivity contribution is -0.140. The molecule has 0 aliphatic carbocycles. The number of rotatable bonds is 4. The summed E-state index contributed by atoms with van der Waals surface area (Å²) in [4.78, 5) is 17.0. The van der Waals surface area contributed by atoms with E-state index in [9.17, 15) is 4.79 Å². The Labute approximate surface area is 107 Å². The minimum Gasteiger partial charge on any atom is -0.492 e. The second-order valence-electron chi connectivity index (χ2n) is 4.99. The van der Waals surface area contributed by atoms with Crippen molar-refractivity contribution in [3.05, 3.63) is 29.8 Å². The van der Waals surface area contributed by atoms with Crippen LogP contribution in [-0.4, -0.2) is 19.1 Å². The number of hydrogen-bond donors (Lipinski definition) is 1. The van der Waals surface area contributed by atoms with Gasteiger partial charge in [-0.3, -0.25) is 9.63 Å². The van der Waals surface area contributed by atoms with Gasteiger partial charge in [-0.1, -0.05) is 32.0 Å². The summed E-state index contributed by atoms with van der Waals surface area (Å²) in [5.74, 6) is 0.996. The number of hydrogen-bond acceptors (Lipinski definition) is 3. The van der Waals surface area contributed by atoms with Crippen LogP contribution in [-0.2, 0) is 16.1 Å². The average Bonchev–Trinajstić information content (AvgIpc) is 2.37. The Morgan fingerprint density at radius 2 is 2.28 bits per heavy atom. The molecule has 2 rings (SSSR count). The molecule has 18 heavy (non-hydrogen) atoms. The number of carbonyl (C=O) groups excluding carboxylic acids is 1. The highest BCUT2D eigenvalue weighted by molar-refractivity contribution is 5.78. The highest BCUT2D eigenvalue weighted by Gasteiger charge is 2.25. The Kier molecular flexibility index (Phi) is 4.20. The van der Waals surface area contributed by atoms with Gasteiger partial charge in [0.2, 0.25) is 5.91 Å². The summed E-state index contributed by atoms with van der Waals surface area (Å²) >= 11 is 0. The van der Waals surface area contributed by atoms with Crippen LogP contribution >= 0.6 is 0 Å². The predicted molar refractivity (Wildman–Crippen MR) is 68.1 cm³/mol. The lowest BCUT2D eigenvalue weighted by atomic mass is 9.96. The van der Waals surface area contributed by atoms with Gasteiger partial charge in [-0.05, 0) is 24.0 Å². The maximum atomic E-state index is 11.9. The van der Waals surface area contributed by atoms with Crippen molar-refractivity contribution in [1.29, 1.82) is 0 Å². The third-order valence-corrected chi connectivity index (χ3v) is 2.84. The zero-order valence-electron chi connectivity index (χ0n) is 10.8. The molecule has 1 aliphatic heterocycles. The Balaban J connectivity index is 1.87. The van der Waals surface area contributed by atoms with Gasteiger partial charge in [0.1, 0.15) is 12.4 Å². The molecule has 1 unspecified atom stereocenters. The first kappa shape index (κ1) is 12.9. The van der Waals surface area contributed by atoms with Crippen molar-refractivity contribution in [2.24, 2.45) is 11.8 Å². The van der Waals surface area contributed by atoms with Crippen LogP contribution in [0.1, 0.15) is 19.4 Å². The number of fused-ring (bicyclic) bond motifs is 1. The summed E-state index contributed by atoms with van der Waals surface area (Å²) in [6, 6.07) is 7.81. The zero-order valence-corrected chi connectivity index (χ0v) is 10.8. The van der Waals surface area contributed by atoms with Crippen LogP contribution in [0.2, 0.25) is 0 Å². The molecule has 4 nitrogen and oxygen atoms in total. The first-order chi connectivity index (χ1) is 8.66. The SMILES string of the molecule is CC(C)CONC(=O)C1COc2ccccc2C1. The fourth-order valence-electron chi connectivity index (χ4n) is 1.86. The average molecular weight is 249 g/mol. The van der Waals surface area contributed by atoms with Gasteiger partial charge in [-0.2, -0.15) is 0 Å². The van der Waals surface area contributed by atoms with Crippen LogP contribution in [0.4, 0.5) is 0 Å². The maximum absolute atomic E-state index is 11.9. The van der Waals surface area contributed by atoms with Gasteiger partial charge in [0.05, 0.1) is 12.5 Å². The molecule has 4 heteroatoms. The van der Waals surface area contributed by atoms with E-state index in [0.717, 1.165) is 11.3 Å². The van der Waals surface area contributed by atoms with Crippen LogP contribution in [0, 0.1) is 11.8 Å². The van der Waals surface area contributed by atoms with E-state index < -0.39 is 0 Å². The Hall–Kier alpha value is -1.55. The van der Waals surface area contributed by atoms with Crippen molar-refractivity contribution < 1.29 is 14.4 Å². The van der Waals surface area contributed by atoms with E-state index in [1.54, 1.807) is 0 Å². The third kappa shape index (κ3) is 3.23. The van der Waals surface area contributed by atoms with Crippen LogP contribution in [0.3, 0.4) is 0 Å². The Morgan fingerprint density at radius 1 is 1.50 bits per heavy atom. The quantitative estimate of drug-likeness (QED) is 0.830. The molecular formula is C14H19NO3. The molecule has 0 saturated carbocycles. The maximum Gasteiger partial charge on any atom is 0.250 e. The fourth-order valence-corrected chi connectivity index (χ4v) is 1.86. The van der Waals surface area contributed by atoms with Gasteiger partial charge in [-0.15, -0.1) is 0 Å². The third-order valence-electron chi connectivity index (χ3n) is 2.84. The highest BCUT2D eigenvalue weighted by Crippen LogP contribution is 2.26. The van der Waals surface area contributed by atoms with Gasteiger partial charge in [0.25, 0.3) is 0 Å². The topological polar surface area (TPSA) is 47.6 Å². The number of para-hydroxylation sites is 1. The van der Waals surface area contributed by atoms with Gasteiger partial charge >= 0.3 is 0 Å². The summed E-state index contributed by atoms with van der Waals surface area (Å²) in [6.07, 6.45) is 0.701. The van der Waals surface area contributed by atoms with Gasteiger partial charge in [-0.25, -0.2) is 5.48 Å². The minimum atomic E-state index is -0.174. The van der Waals surface area contributed by atoms with E-state index in [1.165, 1.54) is 0 Å². The van der Waals surface area contributed by atoms with Crippen LogP contribution in [0.15, 0.2) is 24.3 Å². The van der Waals surface area contributed by atoms with Crippen molar-refractivity contribution in [3.8, 4) is 5.75 Å². The second-order valence-corrected chi connectivity index (χ2v) is 4.99. The smallest absolute Gasteiger partial charge is 0.250 e.